The Hall–Kier alpha value is -7.02. The van der Waals surface area contributed by atoms with Gasteiger partial charge in [-0.1, -0.05) is 218 Å². The van der Waals surface area contributed by atoms with Crippen LogP contribution in [-0.2, 0) is 5.41 Å². The van der Waals surface area contributed by atoms with Gasteiger partial charge in [0.15, 0.2) is 0 Å². The highest BCUT2D eigenvalue weighted by Gasteiger charge is 2.46. The van der Waals surface area contributed by atoms with Crippen LogP contribution in [0.2, 0.25) is 0 Å². The molecule has 0 spiro atoms. The Kier molecular flexibility index (Phi) is 8.38. The summed E-state index contributed by atoms with van der Waals surface area (Å²) < 4.78 is 0. The van der Waals surface area contributed by atoms with Gasteiger partial charge < -0.3 is 0 Å². The van der Waals surface area contributed by atoms with Gasteiger partial charge in [0.2, 0.25) is 0 Å². The minimum atomic E-state index is -0.548. The Morgan fingerprint density at radius 3 is 0.875 bits per heavy atom. The molecule has 0 amide bonds. The minimum Gasteiger partial charge on any atom is -0.0622 e. The summed E-state index contributed by atoms with van der Waals surface area (Å²) >= 11 is 0. The molecular weight excluding hydrogens is 673 g/mol. The lowest BCUT2D eigenvalue weighted by Gasteiger charge is -2.34. The van der Waals surface area contributed by atoms with Gasteiger partial charge in [-0.3, -0.25) is 0 Å². The fourth-order valence-electron chi connectivity index (χ4n) is 8.79. The van der Waals surface area contributed by atoms with Crippen molar-refractivity contribution >= 4 is 0 Å². The second kappa shape index (κ2) is 14.0. The number of benzene rings is 9. The van der Waals surface area contributed by atoms with Crippen LogP contribution in [0.3, 0.4) is 0 Å². The Balaban J connectivity index is 1.17. The molecule has 0 heteroatoms. The van der Waals surface area contributed by atoms with Gasteiger partial charge in [0, 0.05) is 0 Å². The fourth-order valence-corrected chi connectivity index (χ4v) is 8.79. The van der Waals surface area contributed by atoms with E-state index >= 15 is 0 Å². The molecule has 10 rings (SSSR count). The number of aryl methyl sites for hydroxylation is 1. The minimum absolute atomic E-state index is 0.548. The quantitative estimate of drug-likeness (QED) is 0.154. The summed E-state index contributed by atoms with van der Waals surface area (Å²) in [5, 5.41) is 0. The molecule has 0 saturated carbocycles. The summed E-state index contributed by atoms with van der Waals surface area (Å²) in [5.74, 6) is 0. The van der Waals surface area contributed by atoms with Gasteiger partial charge >= 0.3 is 0 Å². The van der Waals surface area contributed by atoms with Crippen molar-refractivity contribution in [1.29, 1.82) is 0 Å². The van der Waals surface area contributed by atoms with E-state index < -0.39 is 5.41 Å². The fraction of sp³-hybridized carbons (Fsp3) is 0.0357. The van der Waals surface area contributed by atoms with Crippen molar-refractivity contribution in [2.45, 2.75) is 12.3 Å². The predicted molar refractivity (Wildman–Crippen MR) is 236 cm³/mol. The molecule has 0 heterocycles. The molecule has 0 aromatic heterocycles. The van der Waals surface area contributed by atoms with Gasteiger partial charge in [-0.15, -0.1) is 0 Å². The summed E-state index contributed by atoms with van der Waals surface area (Å²) in [6.07, 6.45) is 0. The molecule has 0 radical (unpaired) electrons. The van der Waals surface area contributed by atoms with Crippen LogP contribution in [0.15, 0.2) is 224 Å². The van der Waals surface area contributed by atoms with Crippen LogP contribution in [0.4, 0.5) is 0 Å². The van der Waals surface area contributed by atoms with E-state index in [9.17, 15) is 0 Å². The third-order valence-electron chi connectivity index (χ3n) is 11.7. The molecule has 0 atom stereocenters. The van der Waals surface area contributed by atoms with Crippen molar-refractivity contribution in [3.8, 4) is 66.8 Å². The monoisotopic (exact) mass is 712 g/mol. The van der Waals surface area contributed by atoms with Crippen molar-refractivity contribution < 1.29 is 0 Å². The highest BCUT2D eigenvalue weighted by Crippen LogP contribution is 2.57. The van der Waals surface area contributed by atoms with Crippen LogP contribution in [0, 0.1) is 6.92 Å². The van der Waals surface area contributed by atoms with Crippen molar-refractivity contribution in [3.05, 3.63) is 252 Å². The molecule has 1 aliphatic rings. The average molecular weight is 713 g/mol. The number of rotatable bonds is 7. The number of hydrogen-bond acceptors (Lipinski definition) is 0. The normalized spacial score (nSPS) is 12.5. The second-order valence-electron chi connectivity index (χ2n) is 15.0. The first-order chi connectivity index (χ1) is 27.6. The van der Waals surface area contributed by atoms with Gasteiger partial charge in [0.1, 0.15) is 0 Å². The molecule has 9 aromatic rings. The molecule has 0 N–H and O–H groups in total. The molecule has 0 fully saturated rings. The van der Waals surface area contributed by atoms with Crippen LogP contribution >= 0.6 is 0 Å². The van der Waals surface area contributed by atoms with E-state index in [4.69, 9.17) is 0 Å². The maximum absolute atomic E-state index is 2.46. The molecular formula is C56H40. The summed E-state index contributed by atoms with van der Waals surface area (Å²) in [4.78, 5) is 0. The summed E-state index contributed by atoms with van der Waals surface area (Å²) in [7, 11) is 0. The highest BCUT2D eigenvalue weighted by atomic mass is 14.5. The van der Waals surface area contributed by atoms with E-state index in [-0.39, 0.29) is 0 Å². The number of hydrogen-bond donors (Lipinski definition) is 0. The number of fused-ring (bicyclic) bond motifs is 3. The molecule has 1 aliphatic carbocycles. The zero-order valence-electron chi connectivity index (χ0n) is 31.4. The maximum atomic E-state index is 2.46. The smallest absolute Gasteiger partial charge is 0.0622 e. The topological polar surface area (TPSA) is 0 Å². The first kappa shape index (κ1) is 33.5. The van der Waals surface area contributed by atoms with Crippen LogP contribution in [0.1, 0.15) is 27.8 Å². The van der Waals surface area contributed by atoms with E-state index in [0.717, 1.165) is 0 Å². The van der Waals surface area contributed by atoms with Crippen LogP contribution in [0.25, 0.3) is 66.8 Å². The zero-order chi connectivity index (χ0) is 37.5. The largest absolute Gasteiger partial charge is 0.0714 e. The van der Waals surface area contributed by atoms with E-state index in [1.807, 2.05) is 0 Å². The standard InChI is InChI=1S/C56H40/c1-39-17-31-50(32-18-39)56(51-33-27-45(28-34-51)42-15-9-4-10-16-42)54-37-48(46-23-19-43(20-24-46)40-11-5-2-6-12-40)29-35-52(54)53-36-30-49(38-55(53)56)47-25-21-44(22-26-47)41-13-7-3-8-14-41/h2-38H,1H3. The van der Waals surface area contributed by atoms with Crippen molar-refractivity contribution in [2.75, 3.05) is 0 Å². The van der Waals surface area contributed by atoms with Gasteiger partial charge in [-0.25, -0.2) is 0 Å². The van der Waals surface area contributed by atoms with Crippen molar-refractivity contribution in [1.82, 2.24) is 0 Å². The lowest BCUT2D eigenvalue weighted by molar-refractivity contribution is 0.768. The first-order valence-electron chi connectivity index (χ1n) is 19.5. The molecule has 0 nitrogen and oxygen atoms in total. The van der Waals surface area contributed by atoms with E-state index in [0.29, 0.717) is 0 Å². The Morgan fingerprint density at radius 1 is 0.250 bits per heavy atom. The van der Waals surface area contributed by atoms with Gasteiger partial charge in [0.05, 0.1) is 5.41 Å². The van der Waals surface area contributed by atoms with Gasteiger partial charge in [0.25, 0.3) is 0 Å². The van der Waals surface area contributed by atoms with Gasteiger partial charge in [-0.2, -0.15) is 0 Å². The molecule has 0 saturated heterocycles. The summed E-state index contributed by atoms with van der Waals surface area (Å²) in [5.41, 5.74) is 20.6. The molecule has 0 unspecified atom stereocenters. The van der Waals surface area contributed by atoms with E-state index in [2.05, 4.69) is 231 Å². The zero-order valence-corrected chi connectivity index (χ0v) is 31.4. The van der Waals surface area contributed by atoms with E-state index in [1.165, 1.54) is 94.6 Å². The van der Waals surface area contributed by atoms with Crippen molar-refractivity contribution in [2.24, 2.45) is 0 Å². The third-order valence-corrected chi connectivity index (χ3v) is 11.7. The van der Waals surface area contributed by atoms with Crippen molar-refractivity contribution in [3.63, 3.8) is 0 Å². The molecule has 0 bridgehead atoms. The van der Waals surface area contributed by atoms with Crippen LogP contribution in [0.5, 0.6) is 0 Å². The first-order valence-corrected chi connectivity index (χ1v) is 19.5. The third kappa shape index (κ3) is 5.79. The predicted octanol–water partition coefficient (Wildman–Crippen LogP) is 14.7. The SMILES string of the molecule is Cc1ccc(C2(c3ccc(-c4ccccc4)cc3)c3cc(-c4ccc(-c5ccccc5)cc4)ccc3-c3ccc(-c4ccc(-c5ccccc5)cc4)cc32)cc1. The second-order valence-corrected chi connectivity index (χ2v) is 15.0. The Labute approximate surface area is 330 Å². The molecule has 9 aromatic carbocycles. The molecule has 56 heavy (non-hydrogen) atoms. The summed E-state index contributed by atoms with van der Waals surface area (Å²) in [6.45, 7) is 2.18. The lowest BCUT2D eigenvalue weighted by Crippen LogP contribution is -2.28. The van der Waals surface area contributed by atoms with Gasteiger partial charge in [-0.05, 0) is 108 Å². The Morgan fingerprint density at radius 2 is 0.518 bits per heavy atom. The van der Waals surface area contributed by atoms with E-state index in [1.54, 1.807) is 0 Å². The molecule has 264 valence electrons. The maximum Gasteiger partial charge on any atom is 0.0714 e. The lowest BCUT2D eigenvalue weighted by atomic mass is 9.67. The summed E-state index contributed by atoms with van der Waals surface area (Å²) in [6, 6.07) is 82.8. The average Bonchev–Trinajstić information content (AvgIpc) is 3.57. The van der Waals surface area contributed by atoms with Crippen LogP contribution < -0.4 is 0 Å². The van der Waals surface area contributed by atoms with Crippen LogP contribution in [-0.4, -0.2) is 0 Å². The molecule has 0 aliphatic heterocycles. The Bertz CT molecular complexity index is 2650. The highest BCUT2D eigenvalue weighted by molar-refractivity contribution is 5.90.